The zero-order valence-electron chi connectivity index (χ0n) is 12.9. The van der Waals surface area contributed by atoms with Crippen molar-refractivity contribution in [1.82, 2.24) is 15.3 Å². The van der Waals surface area contributed by atoms with Gasteiger partial charge in [-0.25, -0.2) is 0 Å². The lowest BCUT2D eigenvalue weighted by Gasteiger charge is -2.08. The number of carbonyl (C=O) groups is 1. The fraction of sp³-hybridized carbons (Fsp3) is 0.353. The van der Waals surface area contributed by atoms with Crippen LogP contribution in [-0.2, 0) is 6.54 Å². The van der Waals surface area contributed by atoms with Crippen LogP contribution in [-0.4, -0.2) is 22.4 Å². The Kier molecular flexibility index (Phi) is 6.36. The number of amides is 1. The van der Waals surface area contributed by atoms with Crippen LogP contribution >= 0.6 is 0 Å². The van der Waals surface area contributed by atoms with Gasteiger partial charge in [-0.1, -0.05) is 25.8 Å². The van der Waals surface area contributed by atoms with Crippen LogP contribution in [0.15, 0.2) is 43.0 Å². The van der Waals surface area contributed by atoms with Crippen LogP contribution in [0.3, 0.4) is 0 Å². The average molecular weight is 298 g/mol. The molecule has 5 heteroatoms. The number of hydrogen-bond donors (Lipinski definition) is 2. The number of nitrogens with zero attached hydrogens (tertiary/aromatic N) is 2. The summed E-state index contributed by atoms with van der Waals surface area (Å²) in [5.41, 5.74) is 2.41. The minimum atomic E-state index is -0.131. The van der Waals surface area contributed by atoms with Gasteiger partial charge in [0.1, 0.15) is 0 Å². The molecule has 0 spiro atoms. The third-order valence-corrected chi connectivity index (χ3v) is 3.29. The Morgan fingerprint density at radius 2 is 2.09 bits per heavy atom. The molecule has 1 amide bonds. The maximum atomic E-state index is 12.1. The summed E-state index contributed by atoms with van der Waals surface area (Å²) in [5, 5.41) is 6.17. The van der Waals surface area contributed by atoms with Crippen molar-refractivity contribution in [3.05, 3.63) is 54.1 Å². The van der Waals surface area contributed by atoms with Crippen LogP contribution in [0, 0.1) is 0 Å². The quantitative estimate of drug-likeness (QED) is 0.735. The summed E-state index contributed by atoms with van der Waals surface area (Å²) >= 11 is 0. The summed E-state index contributed by atoms with van der Waals surface area (Å²) in [6.45, 7) is 3.53. The van der Waals surface area contributed by atoms with Crippen LogP contribution in [0.25, 0.3) is 0 Å². The van der Waals surface area contributed by atoms with Gasteiger partial charge in [0.2, 0.25) is 0 Å². The molecule has 0 bridgehead atoms. The molecule has 0 atom stereocenters. The van der Waals surface area contributed by atoms with E-state index in [9.17, 15) is 4.79 Å². The molecule has 5 nitrogen and oxygen atoms in total. The lowest BCUT2D eigenvalue weighted by Crippen LogP contribution is -2.23. The van der Waals surface area contributed by atoms with Gasteiger partial charge < -0.3 is 10.6 Å². The molecule has 0 aromatic carbocycles. The van der Waals surface area contributed by atoms with E-state index in [1.807, 2.05) is 18.2 Å². The van der Waals surface area contributed by atoms with E-state index < -0.39 is 0 Å². The molecule has 0 saturated heterocycles. The van der Waals surface area contributed by atoms with Crippen molar-refractivity contribution in [2.24, 2.45) is 0 Å². The Labute approximate surface area is 131 Å². The normalized spacial score (nSPS) is 10.2. The number of carbonyl (C=O) groups excluding carboxylic acids is 1. The minimum Gasteiger partial charge on any atom is -0.384 e. The smallest absolute Gasteiger partial charge is 0.253 e. The molecule has 116 valence electrons. The van der Waals surface area contributed by atoms with Crippen molar-refractivity contribution >= 4 is 11.6 Å². The van der Waals surface area contributed by atoms with Gasteiger partial charge in [0.25, 0.3) is 5.91 Å². The molecule has 2 aromatic heterocycles. The van der Waals surface area contributed by atoms with Gasteiger partial charge in [0.05, 0.1) is 11.3 Å². The highest BCUT2D eigenvalue weighted by Gasteiger charge is 2.06. The third kappa shape index (κ3) is 5.16. The van der Waals surface area contributed by atoms with Gasteiger partial charge in [-0.3, -0.25) is 14.8 Å². The van der Waals surface area contributed by atoms with Crippen LogP contribution < -0.4 is 10.6 Å². The van der Waals surface area contributed by atoms with E-state index in [1.165, 1.54) is 12.8 Å². The van der Waals surface area contributed by atoms with Gasteiger partial charge in [-0.2, -0.15) is 0 Å². The standard InChI is InChI=1S/C17H22N4O/c1-2-3-4-8-20-16-9-15(12-19-13-16)17(22)21-11-14-6-5-7-18-10-14/h5-7,9-10,12-13,20H,2-4,8,11H2,1H3,(H,21,22). The van der Waals surface area contributed by atoms with E-state index >= 15 is 0 Å². The molecule has 2 rings (SSSR count). The molecule has 0 radical (unpaired) electrons. The van der Waals surface area contributed by atoms with E-state index in [1.54, 1.807) is 24.8 Å². The summed E-state index contributed by atoms with van der Waals surface area (Å²) in [7, 11) is 0. The number of pyridine rings is 2. The maximum Gasteiger partial charge on any atom is 0.253 e. The predicted molar refractivity (Wildman–Crippen MR) is 87.7 cm³/mol. The van der Waals surface area contributed by atoms with Gasteiger partial charge in [-0.05, 0) is 24.1 Å². The van der Waals surface area contributed by atoms with E-state index in [0.717, 1.165) is 24.2 Å². The molecular weight excluding hydrogens is 276 g/mol. The first kappa shape index (κ1) is 15.9. The second-order valence-corrected chi connectivity index (χ2v) is 5.14. The predicted octanol–water partition coefficient (Wildman–Crippen LogP) is 3.01. The summed E-state index contributed by atoms with van der Waals surface area (Å²) in [5.74, 6) is -0.131. The topological polar surface area (TPSA) is 66.9 Å². The van der Waals surface area contributed by atoms with Crippen molar-refractivity contribution in [2.75, 3.05) is 11.9 Å². The number of rotatable bonds is 8. The third-order valence-electron chi connectivity index (χ3n) is 3.29. The van der Waals surface area contributed by atoms with E-state index in [-0.39, 0.29) is 5.91 Å². The summed E-state index contributed by atoms with van der Waals surface area (Å²) in [4.78, 5) is 20.3. The van der Waals surface area contributed by atoms with Crippen LogP contribution in [0.2, 0.25) is 0 Å². The number of nitrogens with one attached hydrogen (secondary N) is 2. The van der Waals surface area contributed by atoms with E-state index in [2.05, 4.69) is 27.5 Å². The van der Waals surface area contributed by atoms with Gasteiger partial charge in [-0.15, -0.1) is 0 Å². The van der Waals surface area contributed by atoms with Gasteiger partial charge in [0.15, 0.2) is 0 Å². The van der Waals surface area contributed by atoms with Crippen molar-refractivity contribution in [2.45, 2.75) is 32.7 Å². The Balaban J connectivity index is 1.86. The first-order chi connectivity index (χ1) is 10.8. The van der Waals surface area contributed by atoms with Crippen molar-refractivity contribution < 1.29 is 4.79 Å². The Hall–Kier alpha value is -2.43. The zero-order valence-corrected chi connectivity index (χ0v) is 12.9. The Bertz CT molecular complexity index is 586. The highest BCUT2D eigenvalue weighted by Crippen LogP contribution is 2.09. The van der Waals surface area contributed by atoms with Crippen LogP contribution in [0.1, 0.15) is 42.1 Å². The van der Waals surface area contributed by atoms with E-state index in [4.69, 9.17) is 0 Å². The first-order valence-electron chi connectivity index (χ1n) is 7.65. The SMILES string of the molecule is CCCCCNc1cncc(C(=O)NCc2cccnc2)c1. The molecule has 0 fully saturated rings. The highest BCUT2D eigenvalue weighted by atomic mass is 16.1. The molecule has 2 N–H and O–H groups in total. The molecule has 0 unspecified atom stereocenters. The Morgan fingerprint density at radius 3 is 2.86 bits per heavy atom. The molecule has 2 heterocycles. The monoisotopic (exact) mass is 298 g/mol. The highest BCUT2D eigenvalue weighted by molar-refractivity contribution is 5.94. The largest absolute Gasteiger partial charge is 0.384 e. The summed E-state index contributed by atoms with van der Waals surface area (Å²) in [6, 6.07) is 5.61. The second kappa shape index (κ2) is 8.77. The molecule has 0 saturated carbocycles. The zero-order chi connectivity index (χ0) is 15.6. The van der Waals surface area contributed by atoms with Crippen molar-refractivity contribution in [3.63, 3.8) is 0 Å². The Morgan fingerprint density at radius 1 is 1.18 bits per heavy atom. The van der Waals surface area contributed by atoms with Crippen molar-refractivity contribution in [1.29, 1.82) is 0 Å². The molecular formula is C17H22N4O. The second-order valence-electron chi connectivity index (χ2n) is 5.14. The molecule has 0 aliphatic heterocycles. The first-order valence-corrected chi connectivity index (χ1v) is 7.65. The maximum absolute atomic E-state index is 12.1. The van der Waals surface area contributed by atoms with Gasteiger partial charge >= 0.3 is 0 Å². The lowest BCUT2D eigenvalue weighted by molar-refractivity contribution is 0.0950. The summed E-state index contributed by atoms with van der Waals surface area (Å²) < 4.78 is 0. The van der Waals surface area contributed by atoms with Crippen molar-refractivity contribution in [3.8, 4) is 0 Å². The minimum absolute atomic E-state index is 0.131. The van der Waals surface area contributed by atoms with Gasteiger partial charge in [0, 0.05) is 37.9 Å². The van der Waals surface area contributed by atoms with Crippen LogP contribution in [0.4, 0.5) is 5.69 Å². The fourth-order valence-corrected chi connectivity index (χ4v) is 2.06. The number of aromatic nitrogens is 2. The molecule has 22 heavy (non-hydrogen) atoms. The fourth-order valence-electron chi connectivity index (χ4n) is 2.06. The molecule has 2 aromatic rings. The summed E-state index contributed by atoms with van der Waals surface area (Å²) in [6.07, 6.45) is 10.3. The molecule has 0 aliphatic rings. The van der Waals surface area contributed by atoms with Crippen LogP contribution in [0.5, 0.6) is 0 Å². The number of unbranched alkanes of at least 4 members (excludes halogenated alkanes) is 2. The average Bonchev–Trinajstić information content (AvgIpc) is 2.58. The number of hydrogen-bond acceptors (Lipinski definition) is 4. The molecule has 0 aliphatic carbocycles. The number of anilines is 1. The van der Waals surface area contributed by atoms with E-state index in [0.29, 0.717) is 12.1 Å². The lowest BCUT2D eigenvalue weighted by atomic mass is 10.2.